The molecule has 1 aromatic carbocycles. The number of carboxylic acids is 1. The second kappa shape index (κ2) is 4.80. The van der Waals surface area contributed by atoms with E-state index in [1.165, 1.54) is 6.08 Å². The smallest absolute Gasteiger partial charge is 0.352 e. The molecule has 0 saturated carbocycles. The van der Waals surface area contributed by atoms with Gasteiger partial charge in [-0.2, -0.15) is 0 Å². The number of hydrogen-bond donors (Lipinski definition) is 3. The number of amides is 2. The number of carboxylic acid groups (broad SMARTS) is 1. The zero-order valence-corrected chi connectivity index (χ0v) is 7.81. The van der Waals surface area contributed by atoms with Gasteiger partial charge in [0.05, 0.1) is 0 Å². The molecule has 0 aromatic heterocycles. The van der Waals surface area contributed by atoms with E-state index in [1.54, 1.807) is 30.3 Å². The fraction of sp³-hybridized carbons (Fsp3) is 0. The number of rotatable bonds is 3. The molecule has 0 bridgehead atoms. The number of carbonyl (C=O) groups excluding carboxylic acids is 1. The number of hydrogen-bond acceptors (Lipinski definition) is 2. The third-order valence-corrected chi connectivity index (χ3v) is 1.60. The van der Waals surface area contributed by atoms with E-state index in [2.05, 4.69) is 0 Å². The van der Waals surface area contributed by atoms with Gasteiger partial charge < -0.3 is 16.2 Å². The maximum Gasteiger partial charge on any atom is 0.352 e. The number of nitrogens with two attached hydrogens (primary N) is 1. The van der Waals surface area contributed by atoms with Crippen molar-refractivity contribution in [2.24, 2.45) is 5.73 Å². The van der Waals surface area contributed by atoms with Gasteiger partial charge in [0, 0.05) is 0 Å². The van der Waals surface area contributed by atoms with Crippen LogP contribution in [0.3, 0.4) is 0 Å². The van der Waals surface area contributed by atoms with Crippen LogP contribution in [0.2, 0.25) is 0 Å². The summed E-state index contributed by atoms with van der Waals surface area (Å²) in [6.07, 6.45) is 1.33. The summed E-state index contributed by atoms with van der Waals surface area (Å²) in [4.78, 5) is 21.2. The highest BCUT2D eigenvalue weighted by molar-refractivity contribution is 5.96. The monoisotopic (exact) mass is 206 g/mol. The lowest BCUT2D eigenvalue weighted by Gasteiger charge is -2.02. The Bertz CT molecular complexity index is 398. The molecule has 5 nitrogen and oxygen atoms in total. The highest BCUT2D eigenvalue weighted by atomic mass is 16.4. The molecular formula is C10H10N2O3. The summed E-state index contributed by atoms with van der Waals surface area (Å²) in [7, 11) is 0. The van der Waals surface area contributed by atoms with Crippen molar-refractivity contribution in [3.05, 3.63) is 41.6 Å². The Morgan fingerprint density at radius 1 is 1.27 bits per heavy atom. The lowest BCUT2D eigenvalue weighted by Crippen LogP contribution is -2.31. The van der Waals surface area contributed by atoms with Gasteiger partial charge in [-0.15, -0.1) is 0 Å². The number of urea groups is 1. The molecule has 1 rings (SSSR count). The molecule has 0 aliphatic rings. The molecule has 0 aliphatic heterocycles. The molecule has 15 heavy (non-hydrogen) atoms. The first-order valence-electron chi connectivity index (χ1n) is 4.16. The summed E-state index contributed by atoms with van der Waals surface area (Å²) >= 11 is 0. The van der Waals surface area contributed by atoms with Crippen LogP contribution in [0.1, 0.15) is 5.56 Å². The molecule has 0 radical (unpaired) electrons. The van der Waals surface area contributed by atoms with E-state index in [9.17, 15) is 9.59 Å². The third-order valence-electron chi connectivity index (χ3n) is 1.60. The van der Waals surface area contributed by atoms with Gasteiger partial charge in [-0.25, -0.2) is 9.59 Å². The number of benzene rings is 1. The summed E-state index contributed by atoms with van der Waals surface area (Å²) < 4.78 is 0. The van der Waals surface area contributed by atoms with Crippen LogP contribution in [0.15, 0.2) is 36.0 Å². The van der Waals surface area contributed by atoms with Crippen LogP contribution >= 0.6 is 0 Å². The zero-order chi connectivity index (χ0) is 11.3. The lowest BCUT2D eigenvalue weighted by molar-refractivity contribution is -0.132. The van der Waals surface area contributed by atoms with Crippen LogP contribution in [0.5, 0.6) is 0 Å². The topological polar surface area (TPSA) is 92.4 Å². The highest BCUT2D eigenvalue weighted by Gasteiger charge is 2.08. The highest BCUT2D eigenvalue weighted by Crippen LogP contribution is 2.04. The number of aliphatic carboxylic acids is 1. The molecule has 0 aliphatic carbocycles. The van der Waals surface area contributed by atoms with Gasteiger partial charge in [-0.3, -0.25) is 0 Å². The largest absolute Gasteiger partial charge is 0.477 e. The molecule has 0 heterocycles. The molecule has 0 unspecified atom stereocenters. The van der Waals surface area contributed by atoms with Crippen LogP contribution in [0, 0.1) is 0 Å². The minimum atomic E-state index is -1.24. The molecule has 0 fully saturated rings. The Morgan fingerprint density at radius 3 is 2.33 bits per heavy atom. The van der Waals surface area contributed by atoms with Crippen LogP contribution in [0.4, 0.5) is 4.79 Å². The van der Waals surface area contributed by atoms with Gasteiger partial charge in [-0.1, -0.05) is 30.3 Å². The minimum Gasteiger partial charge on any atom is -0.477 e. The van der Waals surface area contributed by atoms with Crippen LogP contribution in [-0.4, -0.2) is 17.1 Å². The molecule has 78 valence electrons. The Hall–Kier alpha value is -2.30. The van der Waals surface area contributed by atoms with Crippen molar-refractivity contribution in [1.29, 1.82) is 0 Å². The van der Waals surface area contributed by atoms with Gasteiger partial charge in [0.25, 0.3) is 0 Å². The number of nitrogens with one attached hydrogen (secondary N) is 1. The molecule has 2 amide bonds. The molecule has 0 spiro atoms. The van der Waals surface area contributed by atoms with Crippen LogP contribution in [0.25, 0.3) is 6.08 Å². The normalized spacial score (nSPS) is 10.8. The van der Waals surface area contributed by atoms with Crippen LogP contribution in [-0.2, 0) is 4.79 Å². The molecule has 5 heteroatoms. The predicted molar refractivity (Wildman–Crippen MR) is 54.8 cm³/mol. The summed E-state index contributed by atoms with van der Waals surface area (Å²) in [6, 6.07) is 7.85. The maximum absolute atomic E-state index is 10.7. The van der Waals surface area contributed by atoms with Gasteiger partial charge in [0.15, 0.2) is 0 Å². The second-order valence-electron chi connectivity index (χ2n) is 2.76. The van der Waals surface area contributed by atoms with Crippen molar-refractivity contribution in [3.8, 4) is 0 Å². The van der Waals surface area contributed by atoms with E-state index in [4.69, 9.17) is 10.8 Å². The fourth-order valence-electron chi connectivity index (χ4n) is 1.000. The van der Waals surface area contributed by atoms with Crippen molar-refractivity contribution in [2.75, 3.05) is 0 Å². The van der Waals surface area contributed by atoms with Crippen molar-refractivity contribution >= 4 is 18.1 Å². The van der Waals surface area contributed by atoms with Gasteiger partial charge in [0.2, 0.25) is 0 Å². The van der Waals surface area contributed by atoms with Crippen molar-refractivity contribution in [2.45, 2.75) is 0 Å². The average molecular weight is 206 g/mol. The summed E-state index contributed by atoms with van der Waals surface area (Å²) in [6.45, 7) is 0. The van der Waals surface area contributed by atoms with Gasteiger partial charge in [-0.05, 0) is 11.6 Å². The van der Waals surface area contributed by atoms with E-state index in [0.717, 1.165) is 0 Å². The molecular weight excluding hydrogens is 196 g/mol. The van der Waals surface area contributed by atoms with Gasteiger partial charge >= 0.3 is 12.0 Å². The molecule has 0 atom stereocenters. The summed E-state index contributed by atoms with van der Waals surface area (Å²) in [5, 5.41) is 10.8. The third kappa shape index (κ3) is 3.51. The van der Waals surface area contributed by atoms with E-state index in [0.29, 0.717) is 5.56 Å². The summed E-state index contributed by atoms with van der Waals surface area (Å²) in [5.74, 6) is -1.24. The van der Waals surface area contributed by atoms with Gasteiger partial charge in [0.1, 0.15) is 5.70 Å². The van der Waals surface area contributed by atoms with Crippen molar-refractivity contribution in [1.82, 2.24) is 5.32 Å². The number of carbonyl (C=O) groups is 2. The first-order valence-corrected chi connectivity index (χ1v) is 4.16. The van der Waals surface area contributed by atoms with Crippen molar-refractivity contribution < 1.29 is 14.7 Å². The SMILES string of the molecule is NC(=O)NC(=Cc1ccccc1)C(=O)O. The Labute approximate surface area is 86.2 Å². The summed E-state index contributed by atoms with van der Waals surface area (Å²) in [5.41, 5.74) is 5.24. The zero-order valence-electron chi connectivity index (χ0n) is 7.81. The standard InChI is InChI=1S/C10H10N2O3/c11-10(15)12-8(9(13)14)6-7-4-2-1-3-5-7/h1-6H,(H,13,14)(H3,11,12,15). The van der Waals surface area contributed by atoms with E-state index in [-0.39, 0.29) is 5.70 Å². The Kier molecular flexibility index (Phi) is 3.45. The number of primary amides is 1. The quantitative estimate of drug-likeness (QED) is 0.638. The van der Waals surface area contributed by atoms with Crippen molar-refractivity contribution in [3.63, 3.8) is 0 Å². The van der Waals surface area contributed by atoms with E-state index in [1.807, 2.05) is 5.32 Å². The molecule has 4 N–H and O–H groups in total. The average Bonchev–Trinajstić information content (AvgIpc) is 2.17. The molecule has 0 saturated heterocycles. The lowest BCUT2D eigenvalue weighted by atomic mass is 10.2. The predicted octanol–water partition coefficient (Wildman–Crippen LogP) is 0.780. The fourth-order valence-corrected chi connectivity index (χ4v) is 1.000. The minimum absolute atomic E-state index is 0.256. The van der Waals surface area contributed by atoms with E-state index < -0.39 is 12.0 Å². The Balaban J connectivity index is 2.94. The molecule has 1 aromatic rings. The second-order valence-corrected chi connectivity index (χ2v) is 2.76. The maximum atomic E-state index is 10.7. The first kappa shape index (κ1) is 10.8. The van der Waals surface area contributed by atoms with Crippen LogP contribution < -0.4 is 11.1 Å². The first-order chi connectivity index (χ1) is 7.09. The van der Waals surface area contributed by atoms with E-state index >= 15 is 0 Å². The Morgan fingerprint density at radius 2 is 1.87 bits per heavy atom.